The molecule has 1 aromatic rings. The summed E-state index contributed by atoms with van der Waals surface area (Å²) in [5, 5.41) is 10.8. The highest BCUT2D eigenvalue weighted by atomic mass is 16.6. The fourth-order valence-corrected chi connectivity index (χ4v) is 2.17. The lowest BCUT2D eigenvalue weighted by Gasteiger charge is -2.26. The van der Waals surface area contributed by atoms with Gasteiger partial charge in [0.2, 0.25) is 0 Å². The molecule has 0 unspecified atom stereocenters. The number of nitro benzene ring substituents is 1. The zero-order valence-electron chi connectivity index (χ0n) is 11.2. The predicted molar refractivity (Wildman–Crippen MR) is 73.3 cm³/mol. The summed E-state index contributed by atoms with van der Waals surface area (Å²) in [4.78, 5) is 12.6. The van der Waals surface area contributed by atoms with E-state index in [4.69, 9.17) is 5.73 Å². The van der Waals surface area contributed by atoms with Crippen molar-refractivity contribution in [3.05, 3.63) is 33.9 Å². The van der Waals surface area contributed by atoms with Crippen LogP contribution in [0.2, 0.25) is 0 Å². The fraction of sp³-hybridized carbons (Fsp3) is 0.538. The molecule has 0 heterocycles. The average molecular weight is 251 g/mol. The van der Waals surface area contributed by atoms with Crippen molar-refractivity contribution < 1.29 is 4.92 Å². The Morgan fingerprint density at radius 2 is 2.00 bits per heavy atom. The molecule has 0 fully saturated rings. The van der Waals surface area contributed by atoms with Crippen molar-refractivity contribution in [2.45, 2.75) is 39.3 Å². The van der Waals surface area contributed by atoms with Crippen molar-refractivity contribution in [2.75, 3.05) is 12.8 Å². The number of rotatable bonds is 6. The number of nitrogens with two attached hydrogens (primary N) is 1. The first-order valence-corrected chi connectivity index (χ1v) is 6.22. The van der Waals surface area contributed by atoms with Crippen molar-refractivity contribution in [1.29, 1.82) is 0 Å². The molecule has 0 aliphatic heterocycles. The van der Waals surface area contributed by atoms with Gasteiger partial charge in [-0.15, -0.1) is 0 Å². The third kappa shape index (κ3) is 3.43. The van der Waals surface area contributed by atoms with Crippen molar-refractivity contribution in [1.82, 2.24) is 4.90 Å². The summed E-state index contributed by atoms with van der Waals surface area (Å²) in [7, 11) is 2.04. The van der Waals surface area contributed by atoms with Gasteiger partial charge in [-0.25, -0.2) is 0 Å². The molecule has 0 aliphatic carbocycles. The minimum absolute atomic E-state index is 0.00885. The summed E-state index contributed by atoms with van der Waals surface area (Å²) in [6, 6.07) is 5.52. The first-order valence-electron chi connectivity index (χ1n) is 6.22. The van der Waals surface area contributed by atoms with Crippen LogP contribution in [0, 0.1) is 10.1 Å². The number of anilines is 1. The normalized spacial score (nSPS) is 11.2. The third-order valence-electron chi connectivity index (χ3n) is 3.29. The Hall–Kier alpha value is -1.62. The number of nitrogens with zero attached hydrogens (tertiary/aromatic N) is 2. The Bertz CT molecular complexity index is 417. The number of hydrogen-bond donors (Lipinski definition) is 1. The molecule has 0 bridgehead atoms. The van der Waals surface area contributed by atoms with Crippen LogP contribution in [0.5, 0.6) is 0 Å². The molecule has 0 spiro atoms. The Kier molecular flexibility index (Phi) is 5.09. The molecule has 0 saturated carbocycles. The van der Waals surface area contributed by atoms with E-state index in [1.54, 1.807) is 12.1 Å². The van der Waals surface area contributed by atoms with E-state index >= 15 is 0 Å². The molecule has 2 N–H and O–H groups in total. The molecule has 1 rings (SSSR count). The first kappa shape index (κ1) is 14.4. The quantitative estimate of drug-likeness (QED) is 0.479. The largest absolute Gasteiger partial charge is 0.393 e. The van der Waals surface area contributed by atoms with Crippen LogP contribution in [0.1, 0.15) is 32.3 Å². The van der Waals surface area contributed by atoms with Crippen LogP contribution < -0.4 is 5.73 Å². The second-order valence-corrected chi connectivity index (χ2v) is 4.54. The lowest BCUT2D eigenvalue weighted by molar-refractivity contribution is -0.384. The summed E-state index contributed by atoms with van der Waals surface area (Å²) in [6.45, 7) is 5.00. The molecule has 5 nitrogen and oxygen atoms in total. The Labute approximate surface area is 108 Å². The second kappa shape index (κ2) is 6.35. The minimum atomic E-state index is -0.435. The highest BCUT2D eigenvalue weighted by Gasteiger charge is 2.15. The van der Waals surface area contributed by atoms with E-state index in [0.29, 0.717) is 12.6 Å². The van der Waals surface area contributed by atoms with Gasteiger partial charge in [0.15, 0.2) is 0 Å². The highest BCUT2D eigenvalue weighted by Crippen LogP contribution is 2.23. The van der Waals surface area contributed by atoms with Gasteiger partial charge >= 0.3 is 0 Å². The zero-order valence-corrected chi connectivity index (χ0v) is 11.2. The predicted octanol–water partition coefficient (Wildman–Crippen LogP) is 2.80. The SMILES string of the molecule is CCC(CC)N(C)Cc1ccc(N)c([N+](=O)[O-])c1. The monoisotopic (exact) mass is 251 g/mol. The fourth-order valence-electron chi connectivity index (χ4n) is 2.17. The van der Waals surface area contributed by atoms with E-state index < -0.39 is 4.92 Å². The van der Waals surface area contributed by atoms with E-state index in [1.807, 2.05) is 13.1 Å². The summed E-state index contributed by atoms with van der Waals surface area (Å²) in [5.74, 6) is 0. The van der Waals surface area contributed by atoms with E-state index in [-0.39, 0.29) is 11.4 Å². The zero-order chi connectivity index (χ0) is 13.7. The lowest BCUT2D eigenvalue weighted by Crippen LogP contribution is -2.29. The van der Waals surface area contributed by atoms with Gasteiger partial charge in [0, 0.05) is 18.7 Å². The van der Waals surface area contributed by atoms with Gasteiger partial charge in [-0.05, 0) is 31.5 Å². The number of nitrogen functional groups attached to an aromatic ring is 1. The van der Waals surface area contributed by atoms with E-state index in [0.717, 1.165) is 18.4 Å². The molecule has 0 aromatic heterocycles. The number of benzene rings is 1. The van der Waals surface area contributed by atoms with Crippen LogP contribution in [-0.2, 0) is 6.54 Å². The molecule has 0 radical (unpaired) electrons. The van der Waals surface area contributed by atoms with Crippen molar-refractivity contribution >= 4 is 11.4 Å². The van der Waals surface area contributed by atoms with Crippen LogP contribution >= 0.6 is 0 Å². The number of nitro groups is 1. The Morgan fingerprint density at radius 3 is 2.50 bits per heavy atom. The van der Waals surface area contributed by atoms with Gasteiger partial charge in [0.1, 0.15) is 5.69 Å². The molecule has 0 atom stereocenters. The molecule has 18 heavy (non-hydrogen) atoms. The van der Waals surface area contributed by atoms with Gasteiger partial charge in [0.25, 0.3) is 5.69 Å². The Balaban J connectivity index is 2.85. The summed E-state index contributed by atoms with van der Waals surface area (Å²) < 4.78 is 0. The maximum atomic E-state index is 10.8. The van der Waals surface area contributed by atoms with Gasteiger partial charge < -0.3 is 5.73 Å². The van der Waals surface area contributed by atoms with Crippen molar-refractivity contribution in [2.24, 2.45) is 0 Å². The van der Waals surface area contributed by atoms with Crippen LogP contribution in [0.25, 0.3) is 0 Å². The number of hydrogen-bond acceptors (Lipinski definition) is 4. The van der Waals surface area contributed by atoms with Crippen LogP contribution in [0.4, 0.5) is 11.4 Å². The molecule has 5 heteroatoms. The summed E-state index contributed by atoms with van der Waals surface area (Å²) in [6.07, 6.45) is 2.15. The van der Waals surface area contributed by atoms with E-state index in [2.05, 4.69) is 18.7 Å². The maximum absolute atomic E-state index is 10.8. The van der Waals surface area contributed by atoms with Crippen LogP contribution in [0.3, 0.4) is 0 Å². The van der Waals surface area contributed by atoms with Crippen LogP contribution in [-0.4, -0.2) is 22.9 Å². The minimum Gasteiger partial charge on any atom is -0.393 e. The van der Waals surface area contributed by atoms with Gasteiger partial charge in [0.05, 0.1) is 4.92 Å². The third-order valence-corrected chi connectivity index (χ3v) is 3.29. The van der Waals surface area contributed by atoms with Crippen molar-refractivity contribution in [3.8, 4) is 0 Å². The average Bonchev–Trinajstić information content (AvgIpc) is 2.32. The highest BCUT2D eigenvalue weighted by molar-refractivity contribution is 5.59. The molecule has 0 aliphatic rings. The summed E-state index contributed by atoms with van der Waals surface area (Å²) >= 11 is 0. The second-order valence-electron chi connectivity index (χ2n) is 4.54. The van der Waals surface area contributed by atoms with E-state index in [1.165, 1.54) is 0 Å². The standard InChI is InChI=1S/C13H21N3O2/c1-4-11(5-2)15(3)9-10-6-7-12(14)13(8-10)16(17)18/h6-8,11H,4-5,9,14H2,1-3H3. The maximum Gasteiger partial charge on any atom is 0.292 e. The lowest BCUT2D eigenvalue weighted by atomic mass is 10.1. The molecule has 1 aromatic carbocycles. The van der Waals surface area contributed by atoms with Crippen molar-refractivity contribution in [3.63, 3.8) is 0 Å². The summed E-state index contributed by atoms with van der Waals surface area (Å²) in [5.41, 5.74) is 6.71. The first-order chi connectivity index (χ1) is 8.49. The van der Waals surface area contributed by atoms with Crippen LogP contribution in [0.15, 0.2) is 18.2 Å². The molecule has 0 saturated heterocycles. The topological polar surface area (TPSA) is 72.4 Å². The molecule has 0 amide bonds. The van der Waals surface area contributed by atoms with E-state index in [9.17, 15) is 10.1 Å². The molecular weight excluding hydrogens is 230 g/mol. The van der Waals surface area contributed by atoms with Gasteiger partial charge in [-0.2, -0.15) is 0 Å². The van der Waals surface area contributed by atoms with Gasteiger partial charge in [-0.3, -0.25) is 15.0 Å². The molecule has 100 valence electrons. The smallest absolute Gasteiger partial charge is 0.292 e. The Morgan fingerprint density at radius 1 is 1.39 bits per heavy atom. The van der Waals surface area contributed by atoms with Gasteiger partial charge in [-0.1, -0.05) is 19.9 Å². The molecular formula is C13H21N3O2.